The van der Waals surface area contributed by atoms with Crippen molar-refractivity contribution in [3.05, 3.63) is 39.8 Å². The molecule has 1 aromatic carbocycles. The number of aliphatic hydroxyl groups excluding tert-OH is 1. The molecule has 166 valence electrons. The lowest BCUT2D eigenvalue weighted by Crippen LogP contribution is -2.22. The molecule has 1 aromatic heterocycles. The number of halogens is 1. The van der Waals surface area contributed by atoms with Crippen LogP contribution in [0.2, 0.25) is 0 Å². The van der Waals surface area contributed by atoms with Crippen LogP contribution in [-0.2, 0) is 15.8 Å². The molecule has 0 saturated carbocycles. The summed E-state index contributed by atoms with van der Waals surface area (Å²) in [5.41, 5.74) is 11.5. The predicted octanol–water partition coefficient (Wildman–Crippen LogP) is 2.44. The Bertz CT molecular complexity index is 924. The number of sulfonamides is 1. The molecule has 0 fully saturated rings. The number of aliphatic hydroxyl groups is 1. The quantitative estimate of drug-likeness (QED) is 0.217. The van der Waals surface area contributed by atoms with Crippen LogP contribution < -0.4 is 16.2 Å². The number of nitrogens with one attached hydrogen (secondary N) is 1. The van der Waals surface area contributed by atoms with Crippen LogP contribution in [0.1, 0.15) is 19.5 Å². The summed E-state index contributed by atoms with van der Waals surface area (Å²) in [4.78, 5) is 12.4. The molecule has 0 aliphatic rings. The Balaban J connectivity index is 0.00000103. The first-order valence-corrected chi connectivity index (χ1v) is 13.0. The Morgan fingerprint density at radius 1 is 1.37 bits per heavy atom. The molecule has 6 N–H and O–H groups in total. The molecule has 1 heterocycles. The first kappa shape index (κ1) is 26.4. The van der Waals surface area contributed by atoms with Crippen molar-refractivity contribution in [1.82, 2.24) is 9.71 Å². The van der Waals surface area contributed by atoms with Gasteiger partial charge in [0.2, 0.25) is 5.13 Å². The van der Waals surface area contributed by atoms with Crippen LogP contribution in [0.5, 0.6) is 0 Å². The highest BCUT2D eigenvalue weighted by molar-refractivity contribution is 9.10. The van der Waals surface area contributed by atoms with E-state index in [0.717, 1.165) is 15.9 Å². The number of nitrogens with two attached hydrogens (primary N) is 2. The van der Waals surface area contributed by atoms with Crippen LogP contribution >= 0.6 is 39.0 Å². The monoisotopic (exact) mass is 536 g/mol. The Morgan fingerprint density at radius 2 is 2.00 bits per heavy atom. The van der Waals surface area contributed by atoms with Crippen LogP contribution in [-0.4, -0.2) is 49.2 Å². The van der Waals surface area contributed by atoms with Crippen molar-refractivity contribution >= 4 is 66.5 Å². The molecular formula is C17H25BrN6O3S3. The Labute approximate surface area is 193 Å². The van der Waals surface area contributed by atoms with Gasteiger partial charge in [0.1, 0.15) is 0 Å². The molecule has 0 bridgehead atoms. The number of thiazole rings is 1. The Kier molecular flexibility index (Phi) is 11.9. The molecule has 0 atom stereocenters. The number of aliphatic imine (C=N–C) groups is 2. The fourth-order valence-electron chi connectivity index (χ4n) is 1.67. The van der Waals surface area contributed by atoms with E-state index >= 15 is 0 Å². The number of guanidine groups is 1. The normalized spacial score (nSPS) is 11.2. The maximum absolute atomic E-state index is 12.0. The SMILES string of the molecule is CC(C)O.NC(N)=Nc1nc(CSCCN=CNS(=O)(=O)c2ccc(Br)cc2)cs1. The minimum absolute atomic E-state index is 0.0153. The van der Waals surface area contributed by atoms with Crippen molar-refractivity contribution in [3.63, 3.8) is 0 Å². The fourth-order valence-corrected chi connectivity index (χ4v) is 4.33. The summed E-state index contributed by atoms with van der Waals surface area (Å²) in [5, 5.41) is 10.5. The van der Waals surface area contributed by atoms with Gasteiger partial charge in [-0.3, -0.25) is 9.71 Å². The van der Waals surface area contributed by atoms with Crippen molar-refractivity contribution in [2.24, 2.45) is 21.5 Å². The zero-order valence-corrected chi connectivity index (χ0v) is 20.6. The molecule has 13 heteroatoms. The number of nitrogens with zero attached hydrogens (tertiary/aromatic N) is 3. The lowest BCUT2D eigenvalue weighted by Gasteiger charge is -2.03. The van der Waals surface area contributed by atoms with E-state index in [9.17, 15) is 8.42 Å². The molecule has 30 heavy (non-hydrogen) atoms. The van der Waals surface area contributed by atoms with Gasteiger partial charge >= 0.3 is 0 Å². The van der Waals surface area contributed by atoms with Crippen LogP contribution in [0.3, 0.4) is 0 Å². The van der Waals surface area contributed by atoms with Gasteiger partial charge in [0.05, 0.1) is 16.9 Å². The summed E-state index contributed by atoms with van der Waals surface area (Å²) in [6.07, 6.45) is 1.04. The lowest BCUT2D eigenvalue weighted by atomic mass is 10.4. The van der Waals surface area contributed by atoms with Crippen molar-refractivity contribution in [3.8, 4) is 0 Å². The highest BCUT2D eigenvalue weighted by Crippen LogP contribution is 2.21. The molecule has 9 nitrogen and oxygen atoms in total. The van der Waals surface area contributed by atoms with Gasteiger partial charge in [-0.2, -0.15) is 16.8 Å². The number of rotatable bonds is 9. The van der Waals surface area contributed by atoms with Crippen molar-refractivity contribution < 1.29 is 13.5 Å². The minimum atomic E-state index is -3.59. The fraction of sp³-hybridized carbons (Fsp3) is 0.353. The topological polar surface area (TPSA) is 156 Å². The third kappa shape index (κ3) is 11.5. The zero-order chi connectivity index (χ0) is 22.6. The number of benzene rings is 1. The average Bonchev–Trinajstić information content (AvgIpc) is 3.07. The molecule has 0 unspecified atom stereocenters. The first-order chi connectivity index (χ1) is 14.1. The molecule has 0 spiro atoms. The van der Waals surface area contributed by atoms with E-state index in [-0.39, 0.29) is 17.0 Å². The molecule has 0 saturated heterocycles. The molecule has 0 aliphatic carbocycles. The van der Waals surface area contributed by atoms with Gasteiger partial charge in [0, 0.05) is 34.0 Å². The smallest absolute Gasteiger partial charge is 0.262 e. The summed E-state index contributed by atoms with van der Waals surface area (Å²) in [7, 11) is -3.59. The van der Waals surface area contributed by atoms with E-state index in [1.54, 1.807) is 37.7 Å². The molecule has 0 radical (unpaired) electrons. The van der Waals surface area contributed by atoms with Crippen LogP contribution in [0.4, 0.5) is 5.13 Å². The Hall–Kier alpha value is -1.67. The number of thioether (sulfide) groups is 1. The highest BCUT2D eigenvalue weighted by Gasteiger charge is 2.11. The zero-order valence-electron chi connectivity index (χ0n) is 16.5. The number of hydrogen-bond donors (Lipinski definition) is 4. The summed E-state index contributed by atoms with van der Waals surface area (Å²) in [6, 6.07) is 6.36. The van der Waals surface area contributed by atoms with E-state index in [4.69, 9.17) is 16.6 Å². The number of hydrogen-bond acceptors (Lipinski definition) is 8. The van der Waals surface area contributed by atoms with Crippen LogP contribution in [0, 0.1) is 0 Å². The van der Waals surface area contributed by atoms with Gasteiger partial charge in [-0.1, -0.05) is 15.9 Å². The van der Waals surface area contributed by atoms with Crippen molar-refractivity contribution in [2.75, 3.05) is 12.3 Å². The van der Waals surface area contributed by atoms with Crippen molar-refractivity contribution in [1.29, 1.82) is 0 Å². The highest BCUT2D eigenvalue weighted by atomic mass is 79.9. The van der Waals surface area contributed by atoms with E-state index in [0.29, 0.717) is 17.4 Å². The molecular weight excluding hydrogens is 512 g/mol. The average molecular weight is 538 g/mol. The predicted molar refractivity (Wildman–Crippen MR) is 129 cm³/mol. The van der Waals surface area contributed by atoms with E-state index < -0.39 is 10.0 Å². The second-order valence-electron chi connectivity index (χ2n) is 5.91. The van der Waals surface area contributed by atoms with Gasteiger partial charge in [-0.25, -0.2) is 13.4 Å². The molecule has 2 rings (SSSR count). The second kappa shape index (κ2) is 13.6. The maximum Gasteiger partial charge on any atom is 0.262 e. The number of aromatic nitrogens is 1. The van der Waals surface area contributed by atoms with E-state index in [2.05, 4.69) is 35.6 Å². The van der Waals surface area contributed by atoms with Gasteiger partial charge in [-0.05, 0) is 38.1 Å². The third-order valence-electron chi connectivity index (χ3n) is 2.80. The molecule has 2 aromatic rings. The van der Waals surface area contributed by atoms with E-state index in [1.165, 1.54) is 29.8 Å². The van der Waals surface area contributed by atoms with Crippen LogP contribution in [0.25, 0.3) is 0 Å². The molecule has 0 amide bonds. The van der Waals surface area contributed by atoms with Crippen LogP contribution in [0.15, 0.2) is 49.0 Å². The largest absolute Gasteiger partial charge is 0.394 e. The van der Waals surface area contributed by atoms with Gasteiger partial charge in [0.15, 0.2) is 5.96 Å². The Morgan fingerprint density at radius 3 is 2.60 bits per heavy atom. The van der Waals surface area contributed by atoms with Gasteiger partial charge in [0.25, 0.3) is 10.0 Å². The first-order valence-electron chi connectivity index (χ1n) is 8.66. The summed E-state index contributed by atoms with van der Waals surface area (Å²) in [5.74, 6) is 1.42. The standard InChI is InChI=1S/C14H17BrN6O2S3.C3H8O/c15-10-1-3-12(4-2-10)26(22,23)19-9-18-5-6-24-7-11-8-25-14(20-11)21-13(16)17;1-3(2)4/h1-4,8-9H,5-7H2,(H,18,19)(H4,16,17,20,21);3-4H,1-2H3. The summed E-state index contributed by atoms with van der Waals surface area (Å²) < 4.78 is 27.2. The van der Waals surface area contributed by atoms with Gasteiger partial charge < -0.3 is 16.6 Å². The lowest BCUT2D eigenvalue weighted by molar-refractivity contribution is 0.216. The third-order valence-corrected chi connectivity index (χ3v) is 6.39. The molecule has 0 aliphatic heterocycles. The van der Waals surface area contributed by atoms with Gasteiger partial charge in [-0.15, -0.1) is 11.3 Å². The summed E-state index contributed by atoms with van der Waals surface area (Å²) >= 11 is 6.27. The second-order valence-corrected chi connectivity index (χ2v) is 10.5. The summed E-state index contributed by atoms with van der Waals surface area (Å²) in [6.45, 7) is 3.93. The van der Waals surface area contributed by atoms with E-state index in [1.807, 2.05) is 5.38 Å². The van der Waals surface area contributed by atoms with Crippen molar-refractivity contribution in [2.45, 2.75) is 30.6 Å². The minimum Gasteiger partial charge on any atom is -0.394 e. The maximum atomic E-state index is 12.0.